The molecule has 2 aromatic rings. The Morgan fingerprint density at radius 2 is 2.33 bits per heavy atom. The summed E-state index contributed by atoms with van der Waals surface area (Å²) in [5, 5.41) is 9.64. The van der Waals surface area contributed by atoms with E-state index in [4.69, 9.17) is 16.0 Å². The van der Waals surface area contributed by atoms with Crippen LogP contribution in [0.25, 0.3) is 11.2 Å². The fourth-order valence-corrected chi connectivity index (χ4v) is 2.45. The van der Waals surface area contributed by atoms with Crippen LogP contribution in [-0.4, -0.2) is 34.8 Å². The molecule has 0 amide bonds. The van der Waals surface area contributed by atoms with Crippen molar-refractivity contribution in [3.63, 3.8) is 0 Å². The lowest BCUT2D eigenvalue weighted by molar-refractivity contribution is 0.207. The minimum absolute atomic E-state index is 0.209. The van der Waals surface area contributed by atoms with Gasteiger partial charge in [-0.05, 0) is 30.9 Å². The monoisotopic (exact) mass is 267 g/mol. The number of piperidine rings is 1. The number of oxazole rings is 1. The first-order valence-electron chi connectivity index (χ1n) is 6.05. The van der Waals surface area contributed by atoms with Crippen molar-refractivity contribution in [3.8, 4) is 0 Å². The second-order valence-corrected chi connectivity index (χ2v) is 4.98. The number of anilines is 1. The van der Waals surface area contributed by atoms with Gasteiger partial charge in [0.25, 0.3) is 6.01 Å². The van der Waals surface area contributed by atoms with Crippen LogP contribution in [0.15, 0.2) is 16.5 Å². The summed E-state index contributed by atoms with van der Waals surface area (Å²) in [5.74, 6) is 0.297. The van der Waals surface area contributed by atoms with E-state index in [2.05, 4.69) is 14.9 Å². The Balaban J connectivity index is 1.89. The van der Waals surface area contributed by atoms with Crippen LogP contribution in [0, 0.1) is 5.92 Å². The van der Waals surface area contributed by atoms with E-state index in [1.807, 2.05) is 0 Å². The van der Waals surface area contributed by atoms with Gasteiger partial charge in [0.1, 0.15) is 5.15 Å². The molecule has 0 bridgehead atoms. The third-order valence-electron chi connectivity index (χ3n) is 3.26. The molecule has 0 spiro atoms. The summed E-state index contributed by atoms with van der Waals surface area (Å²) in [4.78, 5) is 10.5. The Labute approximate surface area is 109 Å². The molecule has 1 aliphatic heterocycles. The van der Waals surface area contributed by atoms with Gasteiger partial charge in [-0.2, -0.15) is 4.98 Å². The number of hydrogen-bond donors (Lipinski definition) is 1. The van der Waals surface area contributed by atoms with Crippen molar-refractivity contribution < 1.29 is 9.52 Å². The van der Waals surface area contributed by atoms with E-state index in [0.29, 0.717) is 28.3 Å². The maximum Gasteiger partial charge on any atom is 0.299 e. The minimum atomic E-state index is 0.209. The van der Waals surface area contributed by atoms with Gasteiger partial charge in [-0.15, -0.1) is 0 Å². The lowest BCUT2D eigenvalue weighted by Crippen LogP contribution is -2.36. The van der Waals surface area contributed by atoms with E-state index in [1.165, 1.54) is 0 Å². The Kier molecular flexibility index (Phi) is 3.09. The number of hydrogen-bond acceptors (Lipinski definition) is 5. The normalized spacial score (nSPS) is 20.6. The summed E-state index contributed by atoms with van der Waals surface area (Å²) in [5.41, 5.74) is 1.17. The lowest BCUT2D eigenvalue weighted by Gasteiger charge is -2.30. The molecule has 1 fully saturated rings. The third-order valence-corrected chi connectivity index (χ3v) is 3.47. The highest BCUT2D eigenvalue weighted by Crippen LogP contribution is 2.26. The van der Waals surface area contributed by atoms with Crippen LogP contribution in [0.2, 0.25) is 5.15 Å². The van der Waals surface area contributed by atoms with E-state index >= 15 is 0 Å². The van der Waals surface area contributed by atoms with E-state index in [-0.39, 0.29) is 6.61 Å². The minimum Gasteiger partial charge on any atom is -0.422 e. The Morgan fingerprint density at radius 3 is 3.17 bits per heavy atom. The number of nitrogens with zero attached hydrogens (tertiary/aromatic N) is 3. The van der Waals surface area contributed by atoms with Crippen LogP contribution < -0.4 is 4.90 Å². The van der Waals surface area contributed by atoms with Gasteiger partial charge in [0, 0.05) is 19.7 Å². The van der Waals surface area contributed by atoms with Crippen LogP contribution in [0.3, 0.4) is 0 Å². The Bertz CT molecular complexity index is 557. The van der Waals surface area contributed by atoms with E-state index in [1.54, 1.807) is 12.1 Å². The summed E-state index contributed by atoms with van der Waals surface area (Å²) in [6.07, 6.45) is 2.09. The Hall–Kier alpha value is -1.33. The molecule has 1 aliphatic rings. The standard InChI is InChI=1S/C12H14ClN3O2/c13-10-4-3-9-11(14-10)15-12(18-9)16-5-1-2-8(6-16)7-17/h3-4,8,17H,1-2,5-7H2. The summed E-state index contributed by atoms with van der Waals surface area (Å²) in [6.45, 7) is 1.88. The second kappa shape index (κ2) is 4.74. The summed E-state index contributed by atoms with van der Waals surface area (Å²) in [7, 11) is 0. The first kappa shape index (κ1) is 11.7. The van der Waals surface area contributed by atoms with Crippen molar-refractivity contribution in [2.75, 3.05) is 24.6 Å². The molecule has 2 aromatic heterocycles. The molecule has 5 nitrogen and oxygen atoms in total. The SMILES string of the molecule is OCC1CCCN(c2nc3nc(Cl)ccc3o2)C1. The predicted molar refractivity (Wildman–Crippen MR) is 68.8 cm³/mol. The largest absolute Gasteiger partial charge is 0.422 e. The highest BCUT2D eigenvalue weighted by Gasteiger charge is 2.23. The molecule has 3 heterocycles. The molecule has 3 rings (SSSR count). The van der Waals surface area contributed by atoms with E-state index < -0.39 is 0 Å². The van der Waals surface area contributed by atoms with Crippen LogP contribution in [0.4, 0.5) is 6.01 Å². The average molecular weight is 268 g/mol. The highest BCUT2D eigenvalue weighted by atomic mass is 35.5. The number of halogens is 1. The van der Waals surface area contributed by atoms with Gasteiger partial charge in [0.05, 0.1) is 0 Å². The number of aromatic nitrogens is 2. The van der Waals surface area contributed by atoms with E-state index in [9.17, 15) is 5.11 Å². The molecule has 0 saturated carbocycles. The summed E-state index contributed by atoms with van der Waals surface area (Å²) < 4.78 is 5.67. The molecular weight excluding hydrogens is 254 g/mol. The van der Waals surface area contributed by atoms with Gasteiger partial charge < -0.3 is 14.4 Å². The molecule has 96 valence electrons. The van der Waals surface area contributed by atoms with Gasteiger partial charge in [-0.3, -0.25) is 0 Å². The molecule has 1 N–H and O–H groups in total. The maximum absolute atomic E-state index is 9.22. The molecule has 6 heteroatoms. The highest BCUT2D eigenvalue weighted by molar-refractivity contribution is 6.29. The second-order valence-electron chi connectivity index (χ2n) is 4.59. The molecule has 0 aliphatic carbocycles. The average Bonchev–Trinajstić information content (AvgIpc) is 2.81. The molecule has 18 heavy (non-hydrogen) atoms. The van der Waals surface area contributed by atoms with Crippen molar-refractivity contribution in [2.24, 2.45) is 5.92 Å². The fourth-order valence-electron chi connectivity index (χ4n) is 2.31. The number of aliphatic hydroxyl groups is 1. The van der Waals surface area contributed by atoms with Crippen molar-refractivity contribution in [3.05, 3.63) is 17.3 Å². The van der Waals surface area contributed by atoms with Gasteiger partial charge in [-0.25, -0.2) is 4.98 Å². The van der Waals surface area contributed by atoms with Gasteiger partial charge in [0.2, 0.25) is 5.65 Å². The van der Waals surface area contributed by atoms with Crippen molar-refractivity contribution >= 4 is 28.8 Å². The molecule has 0 aromatic carbocycles. The molecule has 1 saturated heterocycles. The molecule has 1 atom stereocenters. The summed E-state index contributed by atoms with van der Waals surface area (Å²) in [6, 6.07) is 4.03. The number of aliphatic hydroxyl groups excluding tert-OH is 1. The number of rotatable bonds is 2. The zero-order valence-corrected chi connectivity index (χ0v) is 10.6. The van der Waals surface area contributed by atoms with Gasteiger partial charge in [0.15, 0.2) is 5.58 Å². The van der Waals surface area contributed by atoms with Crippen molar-refractivity contribution in [1.29, 1.82) is 0 Å². The third kappa shape index (κ3) is 2.15. The van der Waals surface area contributed by atoms with Crippen LogP contribution in [0.1, 0.15) is 12.8 Å². The van der Waals surface area contributed by atoms with E-state index in [0.717, 1.165) is 25.9 Å². The van der Waals surface area contributed by atoms with Crippen molar-refractivity contribution in [1.82, 2.24) is 9.97 Å². The first-order chi connectivity index (χ1) is 8.76. The zero-order chi connectivity index (χ0) is 12.5. The topological polar surface area (TPSA) is 62.4 Å². The van der Waals surface area contributed by atoms with Crippen LogP contribution in [-0.2, 0) is 0 Å². The number of fused-ring (bicyclic) bond motifs is 1. The summed E-state index contributed by atoms with van der Waals surface area (Å²) >= 11 is 5.82. The van der Waals surface area contributed by atoms with Gasteiger partial charge in [-0.1, -0.05) is 11.6 Å². The molecule has 0 radical (unpaired) electrons. The number of pyridine rings is 1. The first-order valence-corrected chi connectivity index (χ1v) is 6.43. The fraction of sp³-hybridized carbons (Fsp3) is 0.500. The van der Waals surface area contributed by atoms with Crippen LogP contribution >= 0.6 is 11.6 Å². The van der Waals surface area contributed by atoms with Crippen LogP contribution in [0.5, 0.6) is 0 Å². The molecular formula is C12H14ClN3O2. The smallest absolute Gasteiger partial charge is 0.299 e. The maximum atomic E-state index is 9.22. The lowest BCUT2D eigenvalue weighted by atomic mass is 10.00. The van der Waals surface area contributed by atoms with Crippen molar-refractivity contribution in [2.45, 2.75) is 12.8 Å². The zero-order valence-electron chi connectivity index (χ0n) is 9.84. The quantitative estimate of drug-likeness (QED) is 0.844. The molecule has 1 unspecified atom stereocenters. The Morgan fingerprint density at radius 1 is 1.44 bits per heavy atom. The predicted octanol–water partition coefficient (Wildman–Crippen LogP) is 2.08. The van der Waals surface area contributed by atoms with Gasteiger partial charge >= 0.3 is 0 Å².